The Morgan fingerprint density at radius 1 is 1.13 bits per heavy atom. The molecule has 4 rings (SSSR count). The van der Waals surface area contributed by atoms with Crippen LogP contribution in [-0.4, -0.2) is 28.6 Å². The van der Waals surface area contributed by atoms with E-state index in [1.165, 1.54) is 5.56 Å². The number of rotatable bonds is 8. The molecule has 1 heterocycles. The molecule has 158 valence electrons. The van der Waals surface area contributed by atoms with Gasteiger partial charge >= 0.3 is 0 Å². The molecule has 1 N–H and O–H groups in total. The fourth-order valence-electron chi connectivity index (χ4n) is 3.66. The van der Waals surface area contributed by atoms with Crippen LogP contribution >= 0.6 is 0 Å². The lowest BCUT2D eigenvalue weighted by molar-refractivity contribution is -0.122. The van der Waals surface area contributed by atoms with Crippen LogP contribution in [0.25, 0.3) is 11.0 Å². The van der Waals surface area contributed by atoms with Crippen LogP contribution in [0.5, 0.6) is 5.75 Å². The number of para-hydroxylation sites is 2. The van der Waals surface area contributed by atoms with E-state index in [1.54, 1.807) is 0 Å². The maximum Gasteiger partial charge on any atom is 0.223 e. The summed E-state index contributed by atoms with van der Waals surface area (Å²) in [6.07, 6.45) is 2.77. The van der Waals surface area contributed by atoms with E-state index in [2.05, 4.69) is 48.9 Å². The summed E-state index contributed by atoms with van der Waals surface area (Å²) in [5.74, 6) is 2.28. The molecule has 3 aromatic rings. The molecule has 0 bridgehead atoms. The highest BCUT2D eigenvalue weighted by Gasteiger charge is 2.29. The normalized spacial score (nSPS) is 14.1. The first-order chi connectivity index (χ1) is 14.4. The second-order valence-corrected chi connectivity index (χ2v) is 9.11. The van der Waals surface area contributed by atoms with E-state index in [4.69, 9.17) is 9.72 Å². The number of benzene rings is 2. The highest BCUT2D eigenvalue weighted by Crippen LogP contribution is 2.28. The molecule has 0 saturated heterocycles. The fourth-order valence-corrected chi connectivity index (χ4v) is 3.66. The second kappa shape index (κ2) is 8.50. The highest BCUT2D eigenvalue weighted by molar-refractivity contribution is 5.80. The number of imidazole rings is 1. The standard InChI is InChI=1S/C25H31N3O2/c1-25(2,3)19-10-12-20(13-11-19)30-17-16-28-22-7-5-4-6-21(22)27-23(28)14-15-26-24(29)18-8-9-18/h4-7,10-13,18H,8-9,14-17H2,1-3H3,(H,26,29). The molecule has 0 radical (unpaired) electrons. The van der Waals surface area contributed by atoms with Gasteiger partial charge in [-0.3, -0.25) is 4.79 Å². The van der Waals surface area contributed by atoms with Gasteiger partial charge in [0.05, 0.1) is 17.6 Å². The number of amides is 1. The lowest BCUT2D eigenvalue weighted by Gasteiger charge is -2.19. The number of aromatic nitrogens is 2. The van der Waals surface area contributed by atoms with Gasteiger partial charge in [-0.15, -0.1) is 0 Å². The predicted octanol–water partition coefficient (Wildman–Crippen LogP) is 4.48. The van der Waals surface area contributed by atoms with E-state index >= 15 is 0 Å². The van der Waals surface area contributed by atoms with Crippen molar-refractivity contribution in [2.24, 2.45) is 5.92 Å². The lowest BCUT2D eigenvalue weighted by Crippen LogP contribution is -2.27. The zero-order chi connectivity index (χ0) is 21.1. The van der Waals surface area contributed by atoms with Gasteiger partial charge in [-0.05, 0) is 48.1 Å². The minimum absolute atomic E-state index is 0.137. The smallest absolute Gasteiger partial charge is 0.223 e. The molecule has 2 aromatic carbocycles. The number of nitrogens with zero attached hydrogens (tertiary/aromatic N) is 2. The van der Waals surface area contributed by atoms with Gasteiger partial charge in [-0.25, -0.2) is 4.98 Å². The summed E-state index contributed by atoms with van der Waals surface area (Å²) >= 11 is 0. The van der Waals surface area contributed by atoms with Crippen LogP contribution in [0.1, 0.15) is 45.0 Å². The molecule has 0 spiro atoms. The second-order valence-electron chi connectivity index (χ2n) is 9.11. The van der Waals surface area contributed by atoms with Crippen molar-refractivity contribution >= 4 is 16.9 Å². The molecule has 0 unspecified atom stereocenters. The number of hydrogen-bond donors (Lipinski definition) is 1. The summed E-state index contributed by atoms with van der Waals surface area (Å²) in [6.45, 7) is 8.53. The van der Waals surface area contributed by atoms with E-state index in [9.17, 15) is 4.79 Å². The summed E-state index contributed by atoms with van der Waals surface area (Å²) < 4.78 is 8.23. The van der Waals surface area contributed by atoms with Crippen LogP contribution < -0.4 is 10.1 Å². The predicted molar refractivity (Wildman–Crippen MR) is 120 cm³/mol. The van der Waals surface area contributed by atoms with Gasteiger partial charge in [-0.1, -0.05) is 45.0 Å². The van der Waals surface area contributed by atoms with Crippen LogP contribution in [0.3, 0.4) is 0 Å². The quantitative estimate of drug-likeness (QED) is 0.601. The Hall–Kier alpha value is -2.82. The average Bonchev–Trinajstić information content (AvgIpc) is 3.51. The van der Waals surface area contributed by atoms with E-state index < -0.39 is 0 Å². The summed E-state index contributed by atoms with van der Waals surface area (Å²) in [4.78, 5) is 16.7. The Balaban J connectivity index is 1.40. The van der Waals surface area contributed by atoms with Gasteiger partial charge in [-0.2, -0.15) is 0 Å². The molecule has 1 fully saturated rings. The number of nitrogens with one attached hydrogen (secondary N) is 1. The van der Waals surface area contributed by atoms with Crippen molar-refractivity contribution in [3.05, 3.63) is 59.9 Å². The molecule has 1 saturated carbocycles. The van der Waals surface area contributed by atoms with Gasteiger partial charge < -0.3 is 14.6 Å². The number of carbonyl (C=O) groups excluding carboxylic acids is 1. The van der Waals surface area contributed by atoms with Crippen molar-refractivity contribution in [2.45, 2.75) is 52.0 Å². The summed E-state index contributed by atoms with van der Waals surface area (Å²) in [7, 11) is 0. The third-order valence-electron chi connectivity index (χ3n) is 5.63. The first-order valence-corrected chi connectivity index (χ1v) is 10.9. The molecule has 0 atom stereocenters. The number of carbonyl (C=O) groups is 1. The van der Waals surface area contributed by atoms with E-state index in [1.807, 2.05) is 30.3 Å². The van der Waals surface area contributed by atoms with Crippen molar-refractivity contribution in [1.82, 2.24) is 14.9 Å². The zero-order valence-corrected chi connectivity index (χ0v) is 18.1. The van der Waals surface area contributed by atoms with Crippen molar-refractivity contribution in [1.29, 1.82) is 0 Å². The molecule has 0 aliphatic heterocycles. The summed E-state index contributed by atoms with van der Waals surface area (Å²) in [6, 6.07) is 16.5. The van der Waals surface area contributed by atoms with E-state index in [0.29, 0.717) is 26.1 Å². The Kier molecular flexibility index (Phi) is 5.80. The topological polar surface area (TPSA) is 56.1 Å². The minimum Gasteiger partial charge on any atom is -0.492 e. The maximum atomic E-state index is 11.9. The van der Waals surface area contributed by atoms with Gasteiger partial charge in [0.2, 0.25) is 5.91 Å². The molecule has 1 amide bonds. The zero-order valence-electron chi connectivity index (χ0n) is 18.1. The fraction of sp³-hybridized carbons (Fsp3) is 0.440. The number of hydrogen-bond acceptors (Lipinski definition) is 3. The summed E-state index contributed by atoms with van der Waals surface area (Å²) in [5, 5.41) is 3.04. The first kappa shape index (κ1) is 20.5. The Labute approximate surface area is 178 Å². The largest absolute Gasteiger partial charge is 0.492 e. The molecular formula is C25H31N3O2. The Morgan fingerprint density at radius 2 is 1.87 bits per heavy atom. The lowest BCUT2D eigenvalue weighted by atomic mass is 9.87. The maximum absolute atomic E-state index is 11.9. The molecule has 1 aliphatic rings. The molecule has 1 aromatic heterocycles. The van der Waals surface area contributed by atoms with Crippen LogP contribution in [0.2, 0.25) is 0 Å². The minimum atomic E-state index is 0.137. The van der Waals surface area contributed by atoms with E-state index in [-0.39, 0.29) is 17.2 Å². The van der Waals surface area contributed by atoms with Crippen molar-refractivity contribution in [3.8, 4) is 5.75 Å². The van der Waals surface area contributed by atoms with Crippen molar-refractivity contribution < 1.29 is 9.53 Å². The van der Waals surface area contributed by atoms with E-state index in [0.717, 1.165) is 35.4 Å². The first-order valence-electron chi connectivity index (χ1n) is 10.9. The van der Waals surface area contributed by atoms with Crippen LogP contribution in [0, 0.1) is 5.92 Å². The monoisotopic (exact) mass is 405 g/mol. The number of ether oxygens (including phenoxy) is 1. The van der Waals surface area contributed by atoms with Crippen molar-refractivity contribution in [2.75, 3.05) is 13.2 Å². The van der Waals surface area contributed by atoms with Crippen LogP contribution in [0.4, 0.5) is 0 Å². The molecule has 5 heteroatoms. The number of fused-ring (bicyclic) bond motifs is 1. The highest BCUT2D eigenvalue weighted by atomic mass is 16.5. The third kappa shape index (κ3) is 4.84. The van der Waals surface area contributed by atoms with Gasteiger partial charge in [0.25, 0.3) is 0 Å². The van der Waals surface area contributed by atoms with Crippen LogP contribution in [-0.2, 0) is 23.2 Å². The van der Waals surface area contributed by atoms with Gasteiger partial charge in [0.1, 0.15) is 18.2 Å². The van der Waals surface area contributed by atoms with Gasteiger partial charge in [0, 0.05) is 18.9 Å². The Morgan fingerprint density at radius 3 is 2.57 bits per heavy atom. The Bertz CT molecular complexity index is 1010. The van der Waals surface area contributed by atoms with Crippen molar-refractivity contribution in [3.63, 3.8) is 0 Å². The molecule has 5 nitrogen and oxygen atoms in total. The van der Waals surface area contributed by atoms with Crippen LogP contribution in [0.15, 0.2) is 48.5 Å². The van der Waals surface area contributed by atoms with Gasteiger partial charge in [0.15, 0.2) is 0 Å². The molecule has 30 heavy (non-hydrogen) atoms. The molecule has 1 aliphatic carbocycles. The summed E-state index contributed by atoms with van der Waals surface area (Å²) in [5.41, 5.74) is 3.52. The molecular weight excluding hydrogens is 374 g/mol. The average molecular weight is 406 g/mol. The SMILES string of the molecule is CC(C)(C)c1ccc(OCCn2c(CCNC(=O)C3CC3)nc3ccccc32)cc1. The third-order valence-corrected chi connectivity index (χ3v) is 5.63.